The summed E-state index contributed by atoms with van der Waals surface area (Å²) in [6, 6.07) is 4.25. The van der Waals surface area contributed by atoms with E-state index in [0.29, 0.717) is 12.0 Å². The lowest BCUT2D eigenvalue weighted by atomic mass is 9.82. The summed E-state index contributed by atoms with van der Waals surface area (Å²) in [5.74, 6) is 0. The van der Waals surface area contributed by atoms with Crippen LogP contribution in [0.4, 0.5) is 13.2 Å². The number of alkyl halides is 3. The van der Waals surface area contributed by atoms with Gasteiger partial charge in [0.25, 0.3) is 0 Å². The first-order chi connectivity index (χ1) is 10.6. The van der Waals surface area contributed by atoms with Crippen LogP contribution < -0.4 is 0 Å². The fourth-order valence-corrected chi connectivity index (χ4v) is 3.68. The van der Waals surface area contributed by atoms with E-state index in [1.54, 1.807) is 6.07 Å². The summed E-state index contributed by atoms with van der Waals surface area (Å²) in [7, 11) is 6.21. The van der Waals surface area contributed by atoms with Crippen LogP contribution in [-0.4, -0.2) is 49.6 Å². The third-order valence-electron chi connectivity index (χ3n) is 4.91. The molecule has 1 saturated heterocycles. The van der Waals surface area contributed by atoms with E-state index in [0.717, 1.165) is 32.4 Å². The smallest absolute Gasteiger partial charge is 0.305 e. The number of rotatable bonds is 4. The van der Waals surface area contributed by atoms with Crippen molar-refractivity contribution >= 4 is 11.6 Å². The third kappa shape index (κ3) is 4.40. The molecule has 0 bridgehead atoms. The Morgan fingerprint density at radius 1 is 1.30 bits per heavy atom. The zero-order valence-corrected chi connectivity index (χ0v) is 14.6. The van der Waals surface area contributed by atoms with E-state index in [1.165, 1.54) is 12.1 Å². The van der Waals surface area contributed by atoms with Gasteiger partial charge in [0.1, 0.15) is 0 Å². The lowest BCUT2D eigenvalue weighted by Gasteiger charge is -2.46. The minimum atomic E-state index is -4.41. The average Bonchev–Trinajstić information content (AvgIpc) is 2.45. The largest absolute Gasteiger partial charge is 0.417 e. The van der Waals surface area contributed by atoms with Gasteiger partial charge >= 0.3 is 6.18 Å². The molecule has 0 unspecified atom stereocenters. The molecule has 2 rings (SSSR count). The topological polar surface area (TPSA) is 6.48 Å². The molecule has 0 aromatic heterocycles. The van der Waals surface area contributed by atoms with Gasteiger partial charge in [0, 0.05) is 12.1 Å². The second-order valence-corrected chi connectivity index (χ2v) is 7.18. The Balaban J connectivity index is 2.16. The summed E-state index contributed by atoms with van der Waals surface area (Å²) in [4.78, 5) is 4.52. The van der Waals surface area contributed by atoms with Crippen LogP contribution in [0.2, 0.25) is 5.02 Å². The summed E-state index contributed by atoms with van der Waals surface area (Å²) >= 11 is 5.69. The zero-order valence-electron chi connectivity index (χ0n) is 13.9. The highest BCUT2D eigenvalue weighted by Crippen LogP contribution is 2.36. The maximum Gasteiger partial charge on any atom is 0.417 e. The summed E-state index contributed by atoms with van der Waals surface area (Å²) < 4.78 is 38.9. The van der Waals surface area contributed by atoms with E-state index < -0.39 is 11.7 Å². The van der Waals surface area contributed by atoms with Gasteiger partial charge in [-0.2, -0.15) is 13.2 Å². The molecule has 2 nitrogen and oxygen atoms in total. The quantitative estimate of drug-likeness (QED) is 0.799. The summed E-state index contributed by atoms with van der Waals surface area (Å²) in [6.45, 7) is 2.02. The Morgan fingerprint density at radius 2 is 2.00 bits per heavy atom. The second-order valence-electron chi connectivity index (χ2n) is 6.77. The van der Waals surface area contributed by atoms with Crippen LogP contribution >= 0.6 is 11.6 Å². The van der Waals surface area contributed by atoms with Crippen molar-refractivity contribution in [2.24, 2.45) is 0 Å². The molecular weight excluding hydrogens is 325 g/mol. The minimum Gasteiger partial charge on any atom is -0.305 e. The molecule has 0 spiro atoms. The predicted octanol–water partition coefficient (Wildman–Crippen LogP) is 4.32. The highest BCUT2D eigenvalue weighted by Gasteiger charge is 2.37. The van der Waals surface area contributed by atoms with E-state index in [4.69, 9.17) is 11.6 Å². The van der Waals surface area contributed by atoms with E-state index in [-0.39, 0.29) is 10.6 Å². The Kier molecular flexibility index (Phi) is 5.64. The van der Waals surface area contributed by atoms with E-state index >= 15 is 0 Å². The SMILES string of the molecule is CN1CCC[C@](CCc2ccc(Cl)c(C(F)(F)F)c2)(N(C)C)C1. The number of aryl methyl sites for hydroxylation is 1. The number of halogens is 4. The van der Waals surface area contributed by atoms with Crippen molar-refractivity contribution < 1.29 is 13.2 Å². The first kappa shape index (κ1) is 18.6. The lowest BCUT2D eigenvalue weighted by Crippen LogP contribution is -2.55. The van der Waals surface area contributed by atoms with Crippen LogP contribution in [0.15, 0.2) is 18.2 Å². The molecule has 0 N–H and O–H groups in total. The van der Waals surface area contributed by atoms with Crippen molar-refractivity contribution in [1.29, 1.82) is 0 Å². The Hall–Kier alpha value is -0.780. The number of hydrogen-bond acceptors (Lipinski definition) is 2. The fraction of sp³-hybridized carbons (Fsp3) is 0.647. The van der Waals surface area contributed by atoms with Gasteiger partial charge in [-0.05, 0) is 71.1 Å². The lowest BCUT2D eigenvalue weighted by molar-refractivity contribution is -0.137. The first-order valence-electron chi connectivity index (χ1n) is 7.86. The molecule has 0 amide bonds. The maximum absolute atomic E-state index is 13.0. The van der Waals surface area contributed by atoms with Crippen LogP contribution in [0.1, 0.15) is 30.4 Å². The molecule has 1 aromatic rings. The summed E-state index contributed by atoms with van der Waals surface area (Å²) in [6.07, 6.45) is -0.764. The van der Waals surface area contributed by atoms with Gasteiger partial charge in [0.2, 0.25) is 0 Å². The van der Waals surface area contributed by atoms with Crippen molar-refractivity contribution in [3.8, 4) is 0 Å². The van der Waals surface area contributed by atoms with Crippen LogP contribution in [0.25, 0.3) is 0 Å². The minimum absolute atomic E-state index is 0.0189. The molecule has 0 aliphatic carbocycles. The number of likely N-dealkylation sites (N-methyl/N-ethyl adjacent to an activating group) is 2. The number of nitrogens with zero attached hydrogens (tertiary/aromatic N) is 2. The van der Waals surface area contributed by atoms with Crippen molar-refractivity contribution in [3.05, 3.63) is 34.3 Å². The van der Waals surface area contributed by atoms with Gasteiger partial charge in [-0.25, -0.2) is 0 Å². The van der Waals surface area contributed by atoms with Crippen LogP contribution in [-0.2, 0) is 12.6 Å². The van der Waals surface area contributed by atoms with Crippen molar-refractivity contribution in [2.75, 3.05) is 34.2 Å². The van der Waals surface area contributed by atoms with E-state index in [2.05, 4.69) is 30.9 Å². The molecule has 1 atom stereocenters. The van der Waals surface area contributed by atoms with E-state index in [9.17, 15) is 13.2 Å². The predicted molar refractivity (Wildman–Crippen MR) is 87.9 cm³/mol. The number of benzene rings is 1. The van der Waals surface area contributed by atoms with Gasteiger partial charge in [-0.1, -0.05) is 17.7 Å². The molecule has 130 valence electrons. The Bertz CT molecular complexity index is 545. The highest BCUT2D eigenvalue weighted by molar-refractivity contribution is 6.31. The molecule has 1 aliphatic rings. The maximum atomic E-state index is 13.0. The Labute approximate surface area is 141 Å². The summed E-state index contributed by atoms with van der Waals surface area (Å²) in [5.41, 5.74) is -0.0297. The summed E-state index contributed by atoms with van der Waals surface area (Å²) in [5, 5.41) is -0.235. The van der Waals surface area contributed by atoms with Crippen LogP contribution in [0.5, 0.6) is 0 Å². The monoisotopic (exact) mass is 348 g/mol. The zero-order chi connectivity index (χ0) is 17.3. The van der Waals surface area contributed by atoms with Gasteiger partial charge in [-0.15, -0.1) is 0 Å². The van der Waals surface area contributed by atoms with Gasteiger partial charge in [-0.3, -0.25) is 0 Å². The Morgan fingerprint density at radius 3 is 2.57 bits per heavy atom. The fourth-order valence-electron chi connectivity index (χ4n) is 3.45. The number of likely N-dealkylation sites (tertiary alicyclic amines) is 1. The average molecular weight is 349 g/mol. The van der Waals surface area contributed by atoms with Gasteiger partial charge in [0.05, 0.1) is 10.6 Å². The molecule has 23 heavy (non-hydrogen) atoms. The van der Waals surface area contributed by atoms with Crippen molar-refractivity contribution in [1.82, 2.24) is 9.80 Å². The van der Waals surface area contributed by atoms with E-state index in [1.807, 2.05) is 0 Å². The third-order valence-corrected chi connectivity index (χ3v) is 5.24. The normalized spacial score (nSPS) is 23.5. The molecule has 0 saturated carbocycles. The molecular formula is C17H24ClF3N2. The molecule has 1 fully saturated rings. The second kappa shape index (κ2) is 6.99. The van der Waals surface area contributed by atoms with Crippen LogP contribution in [0, 0.1) is 0 Å². The highest BCUT2D eigenvalue weighted by atomic mass is 35.5. The van der Waals surface area contributed by atoms with Crippen molar-refractivity contribution in [3.63, 3.8) is 0 Å². The molecule has 1 aromatic carbocycles. The number of piperidine rings is 1. The first-order valence-corrected chi connectivity index (χ1v) is 8.23. The molecule has 1 aliphatic heterocycles. The van der Waals surface area contributed by atoms with Crippen LogP contribution in [0.3, 0.4) is 0 Å². The number of hydrogen-bond donors (Lipinski definition) is 0. The molecule has 0 radical (unpaired) electrons. The molecule has 6 heteroatoms. The standard InChI is InChI=1S/C17H24ClF3N2/c1-22(2)16(8-4-10-23(3)12-16)9-7-13-5-6-15(18)14(11-13)17(19,20)21/h5-6,11H,4,7-10,12H2,1-3H3/t16-/m1/s1. The van der Waals surface area contributed by atoms with Crippen molar-refractivity contribution in [2.45, 2.75) is 37.4 Å². The van der Waals surface area contributed by atoms with Gasteiger partial charge in [0.15, 0.2) is 0 Å². The molecule has 1 heterocycles. The van der Waals surface area contributed by atoms with Gasteiger partial charge < -0.3 is 9.80 Å².